The third-order valence-corrected chi connectivity index (χ3v) is 3.34. The van der Waals surface area contributed by atoms with Crippen LogP contribution in [-0.4, -0.2) is 18.7 Å². The molecule has 0 aliphatic heterocycles. The Morgan fingerprint density at radius 3 is 1.84 bits per heavy atom. The van der Waals surface area contributed by atoms with Crippen LogP contribution in [0.5, 0.6) is 17.2 Å². The molecule has 0 spiro atoms. The zero-order valence-corrected chi connectivity index (χ0v) is 16.1. The fourth-order valence-corrected chi connectivity index (χ4v) is 2.40. The van der Waals surface area contributed by atoms with Crippen molar-refractivity contribution in [2.45, 2.75) is 47.5 Å². The summed E-state index contributed by atoms with van der Waals surface area (Å²) in [5.74, 6) is 2.62. The van der Waals surface area contributed by atoms with Gasteiger partial charge in [-0.05, 0) is 61.2 Å². The largest absolute Gasteiger partial charge is 0.497 e. The topological polar surface area (TPSA) is 55.8 Å². The van der Waals surface area contributed by atoms with Crippen molar-refractivity contribution in [2.75, 3.05) is 7.11 Å². The van der Waals surface area contributed by atoms with E-state index in [1.165, 1.54) is 16.7 Å². The highest BCUT2D eigenvalue weighted by atomic mass is 16.5. The Morgan fingerprint density at radius 1 is 1.00 bits per heavy atom. The minimum absolute atomic E-state index is 0.250. The molecular weight excluding hydrogens is 316 g/mol. The van der Waals surface area contributed by atoms with Gasteiger partial charge in [-0.15, -0.1) is 0 Å². The second kappa shape index (κ2) is 12.9. The second-order valence-electron chi connectivity index (χ2n) is 5.19. The number of aryl methyl sites for hydroxylation is 3. The number of hydrogen-bond donors (Lipinski definition) is 1. The van der Waals surface area contributed by atoms with Gasteiger partial charge >= 0.3 is 0 Å². The van der Waals surface area contributed by atoms with Crippen molar-refractivity contribution >= 4 is 6.47 Å². The lowest BCUT2D eigenvalue weighted by Crippen LogP contribution is -1.94. The van der Waals surface area contributed by atoms with Crippen molar-refractivity contribution in [2.24, 2.45) is 0 Å². The van der Waals surface area contributed by atoms with Crippen LogP contribution in [0.25, 0.3) is 0 Å². The molecule has 4 heteroatoms. The molecule has 0 aliphatic rings. The monoisotopic (exact) mass is 346 g/mol. The van der Waals surface area contributed by atoms with E-state index in [1.54, 1.807) is 7.11 Å². The summed E-state index contributed by atoms with van der Waals surface area (Å²) in [6, 6.07) is 12.1. The second-order valence-corrected chi connectivity index (χ2v) is 5.19. The molecule has 0 saturated carbocycles. The average molecular weight is 346 g/mol. The van der Waals surface area contributed by atoms with Crippen LogP contribution in [0.15, 0.2) is 36.4 Å². The number of hydrogen-bond acceptors (Lipinski definition) is 3. The van der Waals surface area contributed by atoms with Crippen molar-refractivity contribution in [3.63, 3.8) is 0 Å². The Hall–Kier alpha value is -2.49. The summed E-state index contributed by atoms with van der Waals surface area (Å²) in [7, 11) is 1.66. The van der Waals surface area contributed by atoms with E-state index in [1.807, 2.05) is 38.1 Å². The maximum Gasteiger partial charge on any atom is 0.290 e. The number of ether oxygens (including phenoxy) is 2. The highest BCUT2D eigenvalue weighted by Crippen LogP contribution is 2.31. The summed E-state index contributed by atoms with van der Waals surface area (Å²) >= 11 is 0. The van der Waals surface area contributed by atoms with Crippen molar-refractivity contribution in [3.8, 4) is 17.2 Å². The lowest BCUT2D eigenvalue weighted by Gasteiger charge is -2.14. The highest BCUT2D eigenvalue weighted by molar-refractivity contribution is 5.46. The maximum absolute atomic E-state index is 8.36. The molecular formula is C21H30O4. The molecule has 1 N–H and O–H groups in total. The molecule has 4 nitrogen and oxygen atoms in total. The van der Waals surface area contributed by atoms with Crippen LogP contribution < -0.4 is 9.47 Å². The molecule has 0 amide bonds. The fraction of sp³-hybridized carbons (Fsp3) is 0.381. The Kier molecular flexibility index (Phi) is 11.6. The SMILES string of the molecule is CC.CCCc1cc(C)c(Oc2ccc(OC)cc2)c(C)c1.O=CO. The summed E-state index contributed by atoms with van der Waals surface area (Å²) in [6.45, 7) is 10.2. The van der Waals surface area contributed by atoms with Crippen LogP contribution in [0.4, 0.5) is 0 Å². The molecule has 2 rings (SSSR count). The van der Waals surface area contributed by atoms with E-state index in [9.17, 15) is 0 Å². The first-order valence-electron chi connectivity index (χ1n) is 8.55. The van der Waals surface area contributed by atoms with Gasteiger partial charge in [0, 0.05) is 0 Å². The maximum atomic E-state index is 8.36. The Morgan fingerprint density at radius 2 is 1.44 bits per heavy atom. The van der Waals surface area contributed by atoms with Gasteiger partial charge in [-0.3, -0.25) is 4.79 Å². The molecule has 0 aliphatic carbocycles. The third kappa shape index (κ3) is 7.75. The van der Waals surface area contributed by atoms with Crippen LogP contribution in [0.1, 0.15) is 43.9 Å². The highest BCUT2D eigenvalue weighted by Gasteiger charge is 2.07. The zero-order valence-electron chi connectivity index (χ0n) is 16.1. The quantitative estimate of drug-likeness (QED) is 0.697. The van der Waals surface area contributed by atoms with Gasteiger partial charge in [0.15, 0.2) is 0 Å². The van der Waals surface area contributed by atoms with Crippen molar-refractivity contribution < 1.29 is 19.4 Å². The lowest BCUT2D eigenvalue weighted by atomic mass is 10.0. The molecule has 25 heavy (non-hydrogen) atoms. The minimum atomic E-state index is -0.250. The summed E-state index contributed by atoms with van der Waals surface area (Å²) in [4.78, 5) is 8.36. The van der Waals surface area contributed by atoms with E-state index in [2.05, 4.69) is 32.9 Å². The smallest absolute Gasteiger partial charge is 0.290 e. The number of carboxylic acid groups (broad SMARTS) is 1. The molecule has 0 fully saturated rings. The molecule has 2 aromatic carbocycles. The van der Waals surface area contributed by atoms with E-state index in [4.69, 9.17) is 19.4 Å². The summed E-state index contributed by atoms with van der Waals surface area (Å²) < 4.78 is 11.2. The van der Waals surface area contributed by atoms with Gasteiger partial charge in [0.05, 0.1) is 7.11 Å². The molecule has 0 bridgehead atoms. The predicted octanol–water partition coefficient (Wildman–Crippen LogP) is 5.78. The van der Waals surface area contributed by atoms with E-state index < -0.39 is 0 Å². The first-order chi connectivity index (χ1) is 12.0. The van der Waals surface area contributed by atoms with Crippen LogP contribution in [0.2, 0.25) is 0 Å². The molecule has 0 aromatic heterocycles. The minimum Gasteiger partial charge on any atom is -0.497 e. The van der Waals surface area contributed by atoms with Crippen LogP contribution >= 0.6 is 0 Å². The molecule has 2 aromatic rings. The lowest BCUT2D eigenvalue weighted by molar-refractivity contribution is -0.122. The van der Waals surface area contributed by atoms with Crippen molar-refractivity contribution in [3.05, 3.63) is 53.1 Å². The van der Waals surface area contributed by atoms with Gasteiger partial charge in [0.1, 0.15) is 17.2 Å². The summed E-state index contributed by atoms with van der Waals surface area (Å²) in [5.41, 5.74) is 3.75. The van der Waals surface area contributed by atoms with Gasteiger partial charge in [-0.1, -0.05) is 39.3 Å². The van der Waals surface area contributed by atoms with E-state index in [0.29, 0.717) is 0 Å². The number of rotatable bonds is 5. The van der Waals surface area contributed by atoms with Crippen LogP contribution in [0.3, 0.4) is 0 Å². The zero-order chi connectivity index (χ0) is 19.2. The van der Waals surface area contributed by atoms with Gasteiger partial charge in [0.25, 0.3) is 6.47 Å². The molecule has 0 radical (unpaired) electrons. The normalized spacial score (nSPS) is 9.04. The van der Waals surface area contributed by atoms with Crippen molar-refractivity contribution in [1.82, 2.24) is 0 Å². The van der Waals surface area contributed by atoms with E-state index in [-0.39, 0.29) is 6.47 Å². The van der Waals surface area contributed by atoms with E-state index >= 15 is 0 Å². The Balaban J connectivity index is 0.00000104. The van der Waals surface area contributed by atoms with Crippen LogP contribution in [0, 0.1) is 13.8 Å². The predicted molar refractivity (Wildman–Crippen MR) is 103 cm³/mol. The molecule has 0 atom stereocenters. The average Bonchev–Trinajstić information content (AvgIpc) is 2.61. The standard InChI is InChI=1S/C18H22O2.C2H6.CH2O2/c1-5-6-15-11-13(2)18(14(3)12-15)20-17-9-7-16(19-4)8-10-17;1-2;2-1-3/h7-12H,5-6H2,1-4H3;1-2H3;1H,(H,2,3). The van der Waals surface area contributed by atoms with Gasteiger partial charge < -0.3 is 14.6 Å². The Bertz CT molecular complexity index is 595. The molecule has 0 saturated heterocycles. The molecule has 0 unspecified atom stereocenters. The first-order valence-corrected chi connectivity index (χ1v) is 8.55. The Labute approximate surface area is 151 Å². The summed E-state index contributed by atoms with van der Waals surface area (Å²) in [5, 5.41) is 6.89. The van der Waals surface area contributed by atoms with Gasteiger partial charge in [-0.2, -0.15) is 0 Å². The van der Waals surface area contributed by atoms with Crippen molar-refractivity contribution in [1.29, 1.82) is 0 Å². The number of benzene rings is 2. The van der Waals surface area contributed by atoms with Gasteiger partial charge in [0.2, 0.25) is 0 Å². The first kappa shape index (κ1) is 22.5. The number of carbonyl (C=O) groups is 1. The van der Waals surface area contributed by atoms with Crippen LogP contribution in [-0.2, 0) is 11.2 Å². The summed E-state index contributed by atoms with van der Waals surface area (Å²) in [6.07, 6.45) is 2.28. The van der Waals surface area contributed by atoms with Gasteiger partial charge in [-0.25, -0.2) is 0 Å². The third-order valence-electron chi connectivity index (χ3n) is 3.34. The number of methoxy groups -OCH3 is 1. The fourth-order valence-electron chi connectivity index (χ4n) is 2.40. The molecule has 138 valence electrons. The van der Waals surface area contributed by atoms with E-state index in [0.717, 1.165) is 30.1 Å². The molecule has 0 heterocycles.